The minimum atomic E-state index is -0.595. The number of hydrogen-bond donors (Lipinski definition) is 1. The topological polar surface area (TPSA) is 118 Å². The first-order chi connectivity index (χ1) is 16.0. The van der Waals surface area contributed by atoms with E-state index in [4.69, 9.17) is 9.15 Å². The third kappa shape index (κ3) is 4.43. The van der Waals surface area contributed by atoms with Gasteiger partial charge in [-0.25, -0.2) is 0 Å². The standard InChI is InChI=1S/C25H17N3O5/c1-32-18-9-11-21(23(14-18)28(30)31)24-12-10-19(33-24)13-17(15-26)25(29)27-22-8-4-6-16-5-2-3-7-20(16)22/h2-14H,1H3,(H,27,29)/b17-13+. The van der Waals surface area contributed by atoms with Gasteiger partial charge in [-0.3, -0.25) is 14.9 Å². The van der Waals surface area contributed by atoms with Crippen molar-refractivity contribution in [2.45, 2.75) is 0 Å². The molecule has 0 spiro atoms. The van der Waals surface area contributed by atoms with Gasteiger partial charge in [0.1, 0.15) is 28.9 Å². The molecule has 1 amide bonds. The third-order valence-electron chi connectivity index (χ3n) is 4.98. The van der Waals surface area contributed by atoms with Gasteiger partial charge in [-0.05, 0) is 35.7 Å². The molecule has 0 bridgehead atoms. The van der Waals surface area contributed by atoms with Crippen LogP contribution in [0.2, 0.25) is 0 Å². The summed E-state index contributed by atoms with van der Waals surface area (Å²) in [6.45, 7) is 0. The molecule has 0 aliphatic rings. The quantitative estimate of drug-likeness (QED) is 0.182. The van der Waals surface area contributed by atoms with Gasteiger partial charge in [-0.2, -0.15) is 5.26 Å². The fourth-order valence-corrected chi connectivity index (χ4v) is 3.39. The zero-order chi connectivity index (χ0) is 23.4. The summed E-state index contributed by atoms with van der Waals surface area (Å²) < 4.78 is 10.7. The van der Waals surface area contributed by atoms with Crippen LogP contribution in [-0.2, 0) is 4.79 Å². The summed E-state index contributed by atoms with van der Waals surface area (Å²) in [6.07, 6.45) is 1.29. The number of benzene rings is 3. The number of nitro groups is 1. The molecular formula is C25H17N3O5. The Morgan fingerprint density at radius 3 is 2.67 bits per heavy atom. The van der Waals surface area contributed by atoms with E-state index in [0.29, 0.717) is 11.4 Å². The largest absolute Gasteiger partial charge is 0.497 e. The van der Waals surface area contributed by atoms with Gasteiger partial charge in [-0.15, -0.1) is 0 Å². The Kier molecular flexibility index (Phi) is 5.87. The molecule has 0 aliphatic heterocycles. The maximum Gasteiger partial charge on any atom is 0.284 e. The number of rotatable bonds is 6. The Hall–Kier alpha value is -4.90. The van der Waals surface area contributed by atoms with Crippen molar-refractivity contribution < 1.29 is 18.9 Å². The monoisotopic (exact) mass is 439 g/mol. The number of nitrogens with one attached hydrogen (secondary N) is 1. The lowest BCUT2D eigenvalue weighted by Gasteiger charge is -2.08. The molecule has 0 saturated heterocycles. The van der Waals surface area contributed by atoms with Gasteiger partial charge < -0.3 is 14.5 Å². The van der Waals surface area contributed by atoms with E-state index in [1.165, 1.54) is 37.5 Å². The second-order valence-electron chi connectivity index (χ2n) is 6.99. The van der Waals surface area contributed by atoms with Gasteiger partial charge in [0.05, 0.1) is 23.7 Å². The molecule has 0 saturated carbocycles. The van der Waals surface area contributed by atoms with Gasteiger partial charge in [0.2, 0.25) is 0 Å². The molecule has 162 valence electrons. The second-order valence-corrected chi connectivity index (χ2v) is 6.99. The van der Waals surface area contributed by atoms with E-state index in [9.17, 15) is 20.2 Å². The van der Waals surface area contributed by atoms with Gasteiger partial charge >= 0.3 is 0 Å². The average molecular weight is 439 g/mol. The maximum atomic E-state index is 12.7. The van der Waals surface area contributed by atoms with Crippen molar-refractivity contribution in [1.29, 1.82) is 5.26 Å². The van der Waals surface area contributed by atoms with E-state index in [0.717, 1.165) is 10.8 Å². The van der Waals surface area contributed by atoms with E-state index in [2.05, 4.69) is 5.32 Å². The number of anilines is 1. The van der Waals surface area contributed by atoms with Crippen LogP contribution < -0.4 is 10.1 Å². The molecule has 0 aliphatic carbocycles. The van der Waals surface area contributed by atoms with Crippen molar-refractivity contribution in [3.8, 4) is 23.1 Å². The van der Waals surface area contributed by atoms with Crippen LogP contribution in [0.25, 0.3) is 28.2 Å². The molecule has 0 atom stereocenters. The number of nitro benzene ring substituents is 1. The van der Waals surface area contributed by atoms with Crippen molar-refractivity contribution in [2.75, 3.05) is 12.4 Å². The number of fused-ring (bicyclic) bond motifs is 1. The van der Waals surface area contributed by atoms with Crippen molar-refractivity contribution in [2.24, 2.45) is 0 Å². The zero-order valence-electron chi connectivity index (χ0n) is 17.4. The number of carbonyl (C=O) groups is 1. The van der Waals surface area contributed by atoms with Gasteiger partial charge in [0, 0.05) is 17.1 Å². The van der Waals surface area contributed by atoms with Crippen LogP contribution in [0.4, 0.5) is 11.4 Å². The normalized spacial score (nSPS) is 11.1. The number of nitriles is 1. The molecule has 8 heteroatoms. The van der Waals surface area contributed by atoms with Crippen LogP contribution in [0.5, 0.6) is 5.75 Å². The van der Waals surface area contributed by atoms with E-state index < -0.39 is 10.8 Å². The molecule has 4 rings (SSSR count). The molecule has 1 N–H and O–H groups in total. The third-order valence-corrected chi connectivity index (χ3v) is 4.98. The van der Waals surface area contributed by atoms with Gasteiger partial charge in [-0.1, -0.05) is 36.4 Å². The summed E-state index contributed by atoms with van der Waals surface area (Å²) >= 11 is 0. The van der Waals surface area contributed by atoms with Crippen LogP contribution in [0, 0.1) is 21.4 Å². The minimum absolute atomic E-state index is 0.173. The SMILES string of the molecule is COc1ccc(-c2ccc(/C=C(\C#N)C(=O)Nc3cccc4ccccc34)o2)c([N+](=O)[O-])c1. The molecule has 1 aromatic heterocycles. The van der Waals surface area contributed by atoms with E-state index in [1.807, 2.05) is 42.5 Å². The van der Waals surface area contributed by atoms with E-state index in [-0.39, 0.29) is 28.3 Å². The van der Waals surface area contributed by atoms with Crippen molar-refractivity contribution in [1.82, 2.24) is 0 Å². The number of nitrogens with zero attached hydrogens (tertiary/aromatic N) is 2. The van der Waals surface area contributed by atoms with Gasteiger partial charge in [0.25, 0.3) is 11.6 Å². The number of carbonyl (C=O) groups excluding carboxylic acids is 1. The highest BCUT2D eigenvalue weighted by atomic mass is 16.6. The summed E-state index contributed by atoms with van der Waals surface area (Å²) in [7, 11) is 1.42. The molecule has 1 heterocycles. The Morgan fingerprint density at radius 1 is 1.12 bits per heavy atom. The highest BCUT2D eigenvalue weighted by Crippen LogP contribution is 2.34. The number of hydrogen-bond acceptors (Lipinski definition) is 6. The Bertz CT molecular complexity index is 1440. The van der Waals surface area contributed by atoms with Crippen LogP contribution in [0.3, 0.4) is 0 Å². The smallest absolute Gasteiger partial charge is 0.284 e. The van der Waals surface area contributed by atoms with E-state index >= 15 is 0 Å². The predicted octanol–water partition coefficient (Wildman–Crippen LogP) is 5.56. The highest BCUT2D eigenvalue weighted by Gasteiger charge is 2.20. The number of methoxy groups -OCH3 is 1. The number of ether oxygens (including phenoxy) is 1. The summed E-state index contributed by atoms with van der Waals surface area (Å²) in [4.78, 5) is 23.7. The lowest BCUT2D eigenvalue weighted by molar-refractivity contribution is -0.384. The van der Waals surface area contributed by atoms with Crippen LogP contribution >= 0.6 is 0 Å². The molecule has 8 nitrogen and oxygen atoms in total. The van der Waals surface area contributed by atoms with Crippen LogP contribution in [-0.4, -0.2) is 17.9 Å². The van der Waals surface area contributed by atoms with E-state index in [1.54, 1.807) is 12.1 Å². The average Bonchev–Trinajstić information content (AvgIpc) is 3.30. The highest BCUT2D eigenvalue weighted by molar-refractivity contribution is 6.12. The fraction of sp³-hybridized carbons (Fsp3) is 0.0400. The van der Waals surface area contributed by atoms with Crippen molar-refractivity contribution >= 4 is 34.1 Å². The zero-order valence-corrected chi connectivity index (χ0v) is 17.4. The van der Waals surface area contributed by atoms with Crippen molar-refractivity contribution in [3.63, 3.8) is 0 Å². The summed E-state index contributed by atoms with van der Waals surface area (Å²) in [5, 5.41) is 25.5. The summed E-state index contributed by atoms with van der Waals surface area (Å²) in [6, 6.07) is 22.4. The van der Waals surface area contributed by atoms with Crippen molar-refractivity contribution in [3.05, 3.63) is 94.2 Å². The fourth-order valence-electron chi connectivity index (χ4n) is 3.39. The molecule has 0 fully saturated rings. The van der Waals surface area contributed by atoms with Crippen LogP contribution in [0.15, 0.2) is 82.8 Å². The molecular weight excluding hydrogens is 422 g/mol. The Morgan fingerprint density at radius 2 is 1.91 bits per heavy atom. The minimum Gasteiger partial charge on any atom is -0.497 e. The Labute approximate surface area is 188 Å². The lowest BCUT2D eigenvalue weighted by Crippen LogP contribution is -2.13. The predicted molar refractivity (Wildman–Crippen MR) is 124 cm³/mol. The molecule has 33 heavy (non-hydrogen) atoms. The molecule has 4 aromatic rings. The first-order valence-electron chi connectivity index (χ1n) is 9.83. The van der Waals surface area contributed by atoms with Gasteiger partial charge in [0.15, 0.2) is 0 Å². The maximum absolute atomic E-state index is 12.7. The first kappa shape index (κ1) is 21.3. The first-order valence-corrected chi connectivity index (χ1v) is 9.83. The summed E-state index contributed by atoms with van der Waals surface area (Å²) in [5.74, 6) is 0.179. The number of furan rings is 1. The molecule has 0 unspecified atom stereocenters. The lowest BCUT2D eigenvalue weighted by atomic mass is 10.1. The molecule has 0 radical (unpaired) electrons. The second kappa shape index (κ2) is 9.08. The van der Waals surface area contributed by atoms with Crippen LogP contribution in [0.1, 0.15) is 5.76 Å². The Balaban J connectivity index is 1.62. The summed E-state index contributed by atoms with van der Waals surface area (Å²) in [5.41, 5.74) is 0.467. The molecule has 3 aromatic carbocycles. The number of amides is 1.